The average molecular weight is 268 g/mol. The van der Waals surface area contributed by atoms with E-state index in [2.05, 4.69) is 0 Å². The summed E-state index contributed by atoms with van der Waals surface area (Å²) in [6.07, 6.45) is 1.84. The lowest BCUT2D eigenvalue weighted by atomic mass is 10.2. The van der Waals surface area contributed by atoms with Crippen LogP contribution in [0.4, 0.5) is 0 Å². The minimum atomic E-state index is -1.19. The fraction of sp³-hybridized carbons (Fsp3) is 0.500. The summed E-state index contributed by atoms with van der Waals surface area (Å²) in [4.78, 5) is 11.4. The van der Waals surface area contributed by atoms with Crippen LogP contribution in [-0.4, -0.2) is 22.5 Å². The first-order valence-electron chi connectivity index (χ1n) is 6.18. The second-order valence-electron chi connectivity index (χ2n) is 4.29. The molecule has 0 bridgehead atoms. The number of carbonyl (C=O) groups is 1. The highest BCUT2D eigenvalue weighted by atomic mass is 32.2. The van der Waals surface area contributed by atoms with Gasteiger partial charge in [-0.1, -0.05) is 43.2 Å². The zero-order chi connectivity index (χ0) is 13.4. The van der Waals surface area contributed by atoms with Gasteiger partial charge in [-0.05, 0) is 18.9 Å². The Bertz CT molecular complexity index is 415. The van der Waals surface area contributed by atoms with E-state index in [0.717, 1.165) is 24.0 Å². The third-order valence-electron chi connectivity index (χ3n) is 2.45. The summed E-state index contributed by atoms with van der Waals surface area (Å²) in [5, 5.41) is 0. The van der Waals surface area contributed by atoms with Gasteiger partial charge in [0.15, 0.2) is 0 Å². The maximum absolute atomic E-state index is 11.8. The van der Waals surface area contributed by atoms with E-state index in [-0.39, 0.29) is 11.7 Å². The monoisotopic (exact) mass is 268 g/mol. The molecule has 1 rings (SSSR count). The van der Waals surface area contributed by atoms with Crippen LogP contribution >= 0.6 is 0 Å². The predicted octanol–water partition coefficient (Wildman–Crippen LogP) is 2.59. The van der Waals surface area contributed by atoms with E-state index in [1.165, 1.54) is 0 Å². The Balaban J connectivity index is 2.35. The molecular formula is C14H20O3S. The van der Waals surface area contributed by atoms with E-state index >= 15 is 0 Å². The van der Waals surface area contributed by atoms with Gasteiger partial charge in [0.05, 0.1) is 6.61 Å². The average Bonchev–Trinajstić information content (AvgIpc) is 2.29. The van der Waals surface area contributed by atoms with E-state index in [4.69, 9.17) is 4.74 Å². The zero-order valence-electron chi connectivity index (χ0n) is 11.0. The van der Waals surface area contributed by atoms with Crippen molar-refractivity contribution >= 4 is 16.8 Å². The van der Waals surface area contributed by atoms with Crippen molar-refractivity contribution in [3.63, 3.8) is 0 Å². The third kappa shape index (κ3) is 5.96. The van der Waals surface area contributed by atoms with E-state index in [0.29, 0.717) is 12.4 Å². The SMILES string of the molecule is CCCCOC(=O)CS(=O)Cc1cccc(C)c1. The van der Waals surface area contributed by atoms with Gasteiger partial charge >= 0.3 is 5.97 Å². The number of ether oxygens (including phenoxy) is 1. The Hall–Kier alpha value is -1.16. The zero-order valence-corrected chi connectivity index (χ0v) is 11.8. The normalized spacial score (nSPS) is 12.1. The van der Waals surface area contributed by atoms with Crippen LogP contribution in [0.1, 0.15) is 30.9 Å². The van der Waals surface area contributed by atoms with Crippen molar-refractivity contribution < 1.29 is 13.7 Å². The van der Waals surface area contributed by atoms with Crippen molar-refractivity contribution in [1.82, 2.24) is 0 Å². The van der Waals surface area contributed by atoms with Gasteiger partial charge in [-0.2, -0.15) is 0 Å². The van der Waals surface area contributed by atoms with Gasteiger partial charge in [0.25, 0.3) is 0 Å². The van der Waals surface area contributed by atoms with Crippen LogP contribution in [0.3, 0.4) is 0 Å². The maximum atomic E-state index is 11.8. The van der Waals surface area contributed by atoms with Gasteiger partial charge in [0, 0.05) is 16.6 Å². The Morgan fingerprint density at radius 3 is 2.83 bits per heavy atom. The molecule has 1 atom stereocenters. The summed E-state index contributed by atoms with van der Waals surface area (Å²) in [7, 11) is -1.19. The highest BCUT2D eigenvalue weighted by Gasteiger charge is 2.09. The van der Waals surface area contributed by atoms with Crippen LogP contribution in [0.15, 0.2) is 24.3 Å². The largest absolute Gasteiger partial charge is 0.465 e. The lowest BCUT2D eigenvalue weighted by molar-refractivity contribution is -0.140. The highest BCUT2D eigenvalue weighted by Crippen LogP contribution is 2.07. The molecule has 0 saturated heterocycles. The fourth-order valence-electron chi connectivity index (χ4n) is 1.54. The van der Waals surface area contributed by atoms with Crippen LogP contribution in [0.25, 0.3) is 0 Å². The molecule has 3 nitrogen and oxygen atoms in total. The number of benzene rings is 1. The summed E-state index contributed by atoms with van der Waals surface area (Å²) in [6.45, 7) is 4.45. The van der Waals surface area contributed by atoms with Crippen molar-refractivity contribution in [3.05, 3.63) is 35.4 Å². The summed E-state index contributed by atoms with van der Waals surface area (Å²) < 4.78 is 16.8. The Morgan fingerprint density at radius 2 is 2.17 bits per heavy atom. The molecule has 1 unspecified atom stereocenters. The van der Waals surface area contributed by atoms with Crippen molar-refractivity contribution in [2.45, 2.75) is 32.4 Å². The fourth-order valence-corrected chi connectivity index (χ4v) is 2.54. The number of carbonyl (C=O) groups excluding carboxylic acids is 1. The number of esters is 1. The van der Waals surface area contributed by atoms with Crippen LogP contribution in [0.2, 0.25) is 0 Å². The van der Waals surface area contributed by atoms with Crippen molar-refractivity contribution in [2.24, 2.45) is 0 Å². The number of rotatable bonds is 7. The van der Waals surface area contributed by atoms with Crippen LogP contribution in [0, 0.1) is 6.92 Å². The lowest BCUT2D eigenvalue weighted by Gasteiger charge is -2.05. The minimum absolute atomic E-state index is 0.0162. The molecule has 0 N–H and O–H groups in total. The molecule has 1 aromatic carbocycles. The van der Waals surface area contributed by atoms with Crippen LogP contribution in [0.5, 0.6) is 0 Å². The molecule has 0 fully saturated rings. The second kappa shape index (κ2) is 8.03. The molecule has 4 heteroatoms. The summed E-state index contributed by atoms with van der Waals surface area (Å²) in [5.41, 5.74) is 2.13. The highest BCUT2D eigenvalue weighted by molar-refractivity contribution is 7.84. The van der Waals surface area contributed by atoms with Crippen LogP contribution in [-0.2, 0) is 26.1 Å². The number of aryl methyl sites for hydroxylation is 1. The Morgan fingerprint density at radius 1 is 1.39 bits per heavy atom. The summed E-state index contributed by atoms with van der Waals surface area (Å²) >= 11 is 0. The molecule has 0 aliphatic rings. The number of hydrogen-bond donors (Lipinski definition) is 0. The Labute approximate surface area is 111 Å². The van der Waals surface area contributed by atoms with Gasteiger partial charge in [0.2, 0.25) is 0 Å². The van der Waals surface area contributed by atoms with Gasteiger partial charge in [-0.3, -0.25) is 9.00 Å². The predicted molar refractivity (Wildman–Crippen MR) is 73.8 cm³/mol. The molecule has 0 spiro atoms. The minimum Gasteiger partial charge on any atom is -0.465 e. The third-order valence-corrected chi connectivity index (χ3v) is 3.66. The first-order chi connectivity index (χ1) is 8.61. The van der Waals surface area contributed by atoms with E-state index < -0.39 is 10.8 Å². The molecule has 100 valence electrons. The molecule has 0 radical (unpaired) electrons. The van der Waals surface area contributed by atoms with Gasteiger partial charge in [-0.15, -0.1) is 0 Å². The molecule has 0 aliphatic heterocycles. The first-order valence-corrected chi connectivity index (χ1v) is 7.66. The van der Waals surface area contributed by atoms with Crippen molar-refractivity contribution in [2.75, 3.05) is 12.4 Å². The molecule has 0 aromatic heterocycles. The van der Waals surface area contributed by atoms with E-state index in [9.17, 15) is 9.00 Å². The van der Waals surface area contributed by atoms with E-state index in [1.807, 2.05) is 38.1 Å². The topological polar surface area (TPSA) is 43.4 Å². The summed E-state index contributed by atoms with van der Waals surface area (Å²) in [5.74, 6) is 0.0248. The van der Waals surface area contributed by atoms with Gasteiger partial charge < -0.3 is 4.74 Å². The van der Waals surface area contributed by atoms with Gasteiger partial charge in [0.1, 0.15) is 5.75 Å². The molecule has 0 aliphatic carbocycles. The van der Waals surface area contributed by atoms with Crippen molar-refractivity contribution in [1.29, 1.82) is 0 Å². The smallest absolute Gasteiger partial charge is 0.318 e. The first kappa shape index (κ1) is 14.9. The standard InChI is InChI=1S/C14H20O3S/c1-3-4-8-17-14(15)11-18(16)10-13-7-5-6-12(2)9-13/h5-7,9H,3-4,8,10-11H2,1-2H3. The molecule has 0 heterocycles. The number of hydrogen-bond acceptors (Lipinski definition) is 3. The Kier molecular flexibility index (Phi) is 6.65. The molecular weight excluding hydrogens is 248 g/mol. The molecule has 0 saturated carbocycles. The molecule has 0 amide bonds. The van der Waals surface area contributed by atoms with Crippen molar-refractivity contribution in [3.8, 4) is 0 Å². The number of unbranched alkanes of at least 4 members (excludes halogenated alkanes) is 1. The molecule has 1 aromatic rings. The quantitative estimate of drug-likeness (QED) is 0.564. The second-order valence-corrected chi connectivity index (χ2v) is 5.75. The van der Waals surface area contributed by atoms with E-state index in [1.54, 1.807) is 0 Å². The summed E-state index contributed by atoms with van der Waals surface area (Å²) in [6, 6.07) is 7.83. The van der Waals surface area contributed by atoms with Gasteiger partial charge in [-0.25, -0.2) is 0 Å². The maximum Gasteiger partial charge on any atom is 0.318 e. The lowest BCUT2D eigenvalue weighted by Crippen LogP contribution is -2.15. The molecule has 18 heavy (non-hydrogen) atoms. The van der Waals surface area contributed by atoms with Crippen LogP contribution < -0.4 is 0 Å².